The van der Waals surface area contributed by atoms with Crippen molar-refractivity contribution in [2.45, 2.75) is 13.8 Å². The molecule has 0 bridgehead atoms. The van der Waals surface area contributed by atoms with Crippen LogP contribution in [0.5, 0.6) is 5.75 Å². The molecule has 0 fully saturated rings. The number of benzene rings is 2. The topological polar surface area (TPSA) is 39.4 Å². The maximum atomic E-state index is 12.3. The Morgan fingerprint density at radius 2 is 1.87 bits per heavy atom. The van der Waals surface area contributed by atoms with Crippen molar-refractivity contribution in [2.24, 2.45) is 0 Å². The van der Waals surface area contributed by atoms with E-state index in [9.17, 15) is 4.79 Å². The van der Waals surface area contributed by atoms with E-state index in [1.807, 2.05) is 50.3 Å². The normalized spacial score (nSPS) is 10.5. The smallest absolute Gasteiger partial charge is 0.193 e. The van der Waals surface area contributed by atoms with Gasteiger partial charge in [-0.3, -0.25) is 4.79 Å². The summed E-state index contributed by atoms with van der Waals surface area (Å²) < 4.78 is 11.6. The van der Waals surface area contributed by atoms with Crippen molar-refractivity contribution in [3.05, 3.63) is 76.5 Å². The molecule has 0 amide bonds. The van der Waals surface area contributed by atoms with Crippen molar-refractivity contribution in [1.29, 1.82) is 0 Å². The number of hydrogen-bond donors (Lipinski definition) is 0. The van der Waals surface area contributed by atoms with E-state index in [0.29, 0.717) is 29.1 Å². The Morgan fingerprint density at radius 1 is 1.09 bits per heavy atom. The summed E-state index contributed by atoms with van der Waals surface area (Å²) in [6, 6.07) is 16.4. The van der Waals surface area contributed by atoms with Crippen molar-refractivity contribution < 1.29 is 9.15 Å². The van der Waals surface area contributed by atoms with Crippen LogP contribution in [0.2, 0.25) is 0 Å². The molecule has 116 valence electrons. The van der Waals surface area contributed by atoms with Crippen LogP contribution in [0, 0.1) is 0 Å². The molecule has 1 heterocycles. The van der Waals surface area contributed by atoms with E-state index in [4.69, 9.17) is 9.15 Å². The van der Waals surface area contributed by atoms with Crippen LogP contribution in [-0.4, -0.2) is 6.61 Å². The molecule has 0 aliphatic heterocycles. The lowest BCUT2D eigenvalue weighted by Crippen LogP contribution is -2.01. The lowest BCUT2D eigenvalue weighted by atomic mass is 10.1. The maximum Gasteiger partial charge on any atom is 0.193 e. The second-order valence-corrected chi connectivity index (χ2v) is 5.59. The van der Waals surface area contributed by atoms with E-state index in [2.05, 4.69) is 0 Å². The quantitative estimate of drug-likeness (QED) is 0.650. The summed E-state index contributed by atoms with van der Waals surface area (Å²) >= 11 is 0. The van der Waals surface area contributed by atoms with Gasteiger partial charge >= 0.3 is 0 Å². The van der Waals surface area contributed by atoms with Gasteiger partial charge in [0, 0.05) is 17.7 Å². The molecule has 3 heteroatoms. The van der Waals surface area contributed by atoms with Crippen LogP contribution in [-0.2, 0) is 0 Å². The molecule has 0 radical (unpaired) electrons. The summed E-state index contributed by atoms with van der Waals surface area (Å²) in [6.07, 6.45) is 2.00. The molecule has 0 aliphatic rings. The summed E-state index contributed by atoms with van der Waals surface area (Å²) in [5.41, 5.74) is 2.55. The summed E-state index contributed by atoms with van der Waals surface area (Å²) in [6.45, 7) is 4.54. The summed E-state index contributed by atoms with van der Waals surface area (Å²) in [5, 5.41) is 0.555. The average molecular weight is 306 g/mol. The van der Waals surface area contributed by atoms with Gasteiger partial charge in [0.05, 0.1) is 5.39 Å². The van der Waals surface area contributed by atoms with Gasteiger partial charge in [0.2, 0.25) is 0 Å². The van der Waals surface area contributed by atoms with Crippen LogP contribution < -0.4 is 10.2 Å². The SMILES string of the molecule is CC(C)=CCOc1ccc2c(=O)cc(-c3ccccc3)oc2c1. The fourth-order valence-electron chi connectivity index (χ4n) is 2.27. The van der Waals surface area contributed by atoms with Crippen molar-refractivity contribution in [2.75, 3.05) is 6.61 Å². The van der Waals surface area contributed by atoms with Crippen molar-refractivity contribution in [1.82, 2.24) is 0 Å². The van der Waals surface area contributed by atoms with Gasteiger partial charge in [-0.25, -0.2) is 0 Å². The van der Waals surface area contributed by atoms with Crippen LogP contribution in [0.15, 0.2) is 75.5 Å². The van der Waals surface area contributed by atoms with Gasteiger partial charge in [-0.1, -0.05) is 35.9 Å². The van der Waals surface area contributed by atoms with Crippen molar-refractivity contribution in [3.63, 3.8) is 0 Å². The van der Waals surface area contributed by atoms with Crippen molar-refractivity contribution in [3.8, 4) is 17.1 Å². The molecule has 3 nitrogen and oxygen atoms in total. The first kappa shape index (κ1) is 15.1. The van der Waals surface area contributed by atoms with Crippen LogP contribution in [0.3, 0.4) is 0 Å². The molecular weight excluding hydrogens is 288 g/mol. The Morgan fingerprint density at radius 3 is 2.61 bits per heavy atom. The van der Waals surface area contributed by atoms with Crippen LogP contribution in [0.4, 0.5) is 0 Å². The molecule has 0 atom stereocenters. The lowest BCUT2D eigenvalue weighted by molar-refractivity contribution is 0.362. The minimum absolute atomic E-state index is 0.0547. The highest BCUT2D eigenvalue weighted by molar-refractivity contribution is 5.80. The minimum atomic E-state index is -0.0547. The zero-order chi connectivity index (χ0) is 16.2. The minimum Gasteiger partial charge on any atom is -0.489 e. The molecule has 23 heavy (non-hydrogen) atoms. The zero-order valence-electron chi connectivity index (χ0n) is 13.2. The molecule has 0 spiro atoms. The third-order valence-electron chi connectivity index (χ3n) is 3.50. The van der Waals surface area contributed by atoms with Crippen LogP contribution in [0.1, 0.15) is 13.8 Å². The highest BCUT2D eigenvalue weighted by Gasteiger charge is 2.07. The molecular formula is C20H18O3. The molecule has 0 aliphatic carbocycles. The molecule has 0 unspecified atom stereocenters. The Bertz CT molecular complexity index is 901. The predicted molar refractivity (Wildman–Crippen MR) is 92.8 cm³/mol. The fraction of sp³-hybridized carbons (Fsp3) is 0.150. The highest BCUT2D eigenvalue weighted by Crippen LogP contribution is 2.24. The van der Waals surface area contributed by atoms with Gasteiger partial charge in [-0.05, 0) is 32.1 Å². The van der Waals surface area contributed by atoms with Gasteiger partial charge < -0.3 is 9.15 Å². The Kier molecular flexibility index (Phi) is 4.29. The lowest BCUT2D eigenvalue weighted by Gasteiger charge is -2.06. The van der Waals surface area contributed by atoms with Gasteiger partial charge in [0.1, 0.15) is 23.7 Å². The third-order valence-corrected chi connectivity index (χ3v) is 3.50. The predicted octanol–water partition coefficient (Wildman–Crippen LogP) is 4.81. The van der Waals surface area contributed by atoms with E-state index in [-0.39, 0.29) is 5.43 Å². The zero-order valence-corrected chi connectivity index (χ0v) is 13.2. The van der Waals surface area contributed by atoms with E-state index < -0.39 is 0 Å². The first-order chi connectivity index (χ1) is 11.1. The fourth-order valence-corrected chi connectivity index (χ4v) is 2.27. The number of ether oxygens (including phenoxy) is 1. The van der Waals surface area contributed by atoms with Gasteiger partial charge in [0.15, 0.2) is 5.43 Å². The van der Waals surface area contributed by atoms with E-state index >= 15 is 0 Å². The van der Waals surface area contributed by atoms with Crippen LogP contribution >= 0.6 is 0 Å². The standard InChI is InChI=1S/C20H18O3/c1-14(2)10-11-22-16-8-9-17-18(21)13-19(23-20(17)12-16)15-6-4-3-5-7-15/h3-10,12-13H,11H2,1-2H3. The molecule has 1 aromatic heterocycles. The highest BCUT2D eigenvalue weighted by atomic mass is 16.5. The van der Waals surface area contributed by atoms with Gasteiger partial charge in [0.25, 0.3) is 0 Å². The third kappa shape index (κ3) is 3.51. The van der Waals surface area contributed by atoms with Gasteiger partial charge in [-0.2, -0.15) is 0 Å². The Balaban J connectivity index is 2.00. The Hall–Kier alpha value is -2.81. The molecule has 3 rings (SSSR count). The molecule has 0 N–H and O–H groups in total. The number of rotatable bonds is 4. The monoisotopic (exact) mass is 306 g/mol. The molecule has 2 aromatic carbocycles. The number of hydrogen-bond acceptors (Lipinski definition) is 3. The van der Waals surface area contributed by atoms with Crippen molar-refractivity contribution >= 4 is 11.0 Å². The average Bonchev–Trinajstić information content (AvgIpc) is 2.55. The summed E-state index contributed by atoms with van der Waals surface area (Å²) in [4.78, 5) is 12.3. The Labute approximate surface area is 134 Å². The first-order valence-corrected chi connectivity index (χ1v) is 7.53. The number of fused-ring (bicyclic) bond motifs is 1. The van der Waals surface area contributed by atoms with E-state index in [1.165, 1.54) is 11.6 Å². The second-order valence-electron chi connectivity index (χ2n) is 5.59. The van der Waals surface area contributed by atoms with E-state index in [0.717, 1.165) is 5.56 Å². The van der Waals surface area contributed by atoms with Crippen LogP contribution in [0.25, 0.3) is 22.3 Å². The summed E-state index contributed by atoms with van der Waals surface area (Å²) in [7, 11) is 0. The molecule has 0 saturated heterocycles. The molecule has 0 saturated carbocycles. The van der Waals surface area contributed by atoms with E-state index in [1.54, 1.807) is 18.2 Å². The first-order valence-electron chi connectivity index (χ1n) is 7.53. The number of allylic oxidation sites excluding steroid dienone is 1. The second kappa shape index (κ2) is 6.53. The molecule has 3 aromatic rings. The summed E-state index contributed by atoms with van der Waals surface area (Å²) in [5.74, 6) is 1.24. The maximum absolute atomic E-state index is 12.3. The van der Waals surface area contributed by atoms with Gasteiger partial charge in [-0.15, -0.1) is 0 Å². The largest absolute Gasteiger partial charge is 0.489 e.